The molecule has 0 heterocycles. The van der Waals surface area contributed by atoms with Crippen molar-refractivity contribution in [1.82, 2.24) is 5.32 Å². The number of carbonyl (C=O) groups is 1. The Hall–Kier alpha value is -1.00. The smallest absolute Gasteiger partial charge is 0.235 e. The summed E-state index contributed by atoms with van der Waals surface area (Å²) < 4.78 is 0. The van der Waals surface area contributed by atoms with Crippen molar-refractivity contribution in [3.05, 3.63) is 29.8 Å². The topological polar surface area (TPSA) is 55.1 Å². The molecule has 3 N–H and O–H groups in total. The Morgan fingerprint density at radius 2 is 1.95 bits per heavy atom. The van der Waals surface area contributed by atoms with Gasteiger partial charge in [0.1, 0.15) is 0 Å². The van der Waals surface area contributed by atoms with Crippen molar-refractivity contribution in [1.29, 1.82) is 0 Å². The van der Waals surface area contributed by atoms with E-state index < -0.39 is 0 Å². The Morgan fingerprint density at radius 1 is 1.35 bits per heavy atom. The van der Waals surface area contributed by atoms with Crippen LogP contribution >= 0.6 is 11.8 Å². The van der Waals surface area contributed by atoms with Gasteiger partial charge >= 0.3 is 0 Å². The number of hydrogen-bond donors (Lipinski definition) is 2. The maximum Gasteiger partial charge on any atom is 0.235 e. The van der Waals surface area contributed by atoms with E-state index >= 15 is 0 Å². The van der Waals surface area contributed by atoms with Crippen molar-refractivity contribution in [2.75, 3.05) is 5.75 Å². The van der Waals surface area contributed by atoms with Crippen LogP contribution in [0.25, 0.3) is 0 Å². The molecule has 2 rings (SSSR count). The van der Waals surface area contributed by atoms with Gasteiger partial charge in [-0.2, -0.15) is 0 Å². The number of hydrogen-bond acceptors (Lipinski definition) is 3. The summed E-state index contributed by atoms with van der Waals surface area (Å²) in [6, 6.07) is 8.85. The van der Waals surface area contributed by atoms with Crippen LogP contribution in [0.4, 0.5) is 0 Å². The SMILES string of the molecule is CC(C)(C)c1ccc(SCC(NC2CC2)C(N)=O)cc1. The molecule has 1 unspecified atom stereocenters. The minimum Gasteiger partial charge on any atom is -0.368 e. The summed E-state index contributed by atoms with van der Waals surface area (Å²) in [7, 11) is 0. The quantitative estimate of drug-likeness (QED) is 0.793. The highest BCUT2D eigenvalue weighted by Crippen LogP contribution is 2.26. The Bertz CT molecular complexity index is 460. The third-order valence-electron chi connectivity index (χ3n) is 3.49. The van der Waals surface area contributed by atoms with Crippen molar-refractivity contribution >= 4 is 17.7 Å². The molecule has 1 atom stereocenters. The third kappa shape index (κ3) is 4.53. The van der Waals surface area contributed by atoms with Gasteiger partial charge in [-0.25, -0.2) is 0 Å². The molecule has 4 heteroatoms. The summed E-state index contributed by atoms with van der Waals surface area (Å²) >= 11 is 1.68. The summed E-state index contributed by atoms with van der Waals surface area (Å²) in [4.78, 5) is 12.6. The van der Waals surface area contributed by atoms with E-state index in [1.165, 1.54) is 10.5 Å². The summed E-state index contributed by atoms with van der Waals surface area (Å²) in [6.45, 7) is 6.62. The molecule has 1 aliphatic rings. The van der Waals surface area contributed by atoms with Crippen molar-refractivity contribution in [2.45, 2.75) is 56.0 Å². The molecule has 110 valence electrons. The lowest BCUT2D eigenvalue weighted by molar-refractivity contribution is -0.119. The van der Waals surface area contributed by atoms with E-state index in [0.717, 1.165) is 12.8 Å². The molecule has 1 aromatic carbocycles. The van der Waals surface area contributed by atoms with E-state index in [4.69, 9.17) is 5.73 Å². The monoisotopic (exact) mass is 292 g/mol. The number of primary amides is 1. The molecule has 1 amide bonds. The van der Waals surface area contributed by atoms with Crippen LogP contribution in [0.15, 0.2) is 29.2 Å². The lowest BCUT2D eigenvalue weighted by Gasteiger charge is -2.19. The van der Waals surface area contributed by atoms with Gasteiger partial charge in [-0.05, 0) is 36.0 Å². The van der Waals surface area contributed by atoms with Crippen LogP contribution in [0, 0.1) is 0 Å². The fourth-order valence-electron chi connectivity index (χ4n) is 1.98. The highest BCUT2D eigenvalue weighted by molar-refractivity contribution is 7.99. The van der Waals surface area contributed by atoms with Crippen LogP contribution in [-0.2, 0) is 10.2 Å². The Morgan fingerprint density at radius 3 is 2.40 bits per heavy atom. The van der Waals surface area contributed by atoms with Crippen LogP contribution in [0.5, 0.6) is 0 Å². The van der Waals surface area contributed by atoms with Gasteiger partial charge in [0.25, 0.3) is 0 Å². The first kappa shape index (κ1) is 15.4. The summed E-state index contributed by atoms with van der Waals surface area (Å²) in [6.07, 6.45) is 2.32. The number of benzene rings is 1. The van der Waals surface area contributed by atoms with Gasteiger partial charge in [-0.3, -0.25) is 4.79 Å². The predicted octanol–water partition coefficient (Wildman–Crippen LogP) is 2.68. The van der Waals surface area contributed by atoms with Gasteiger partial charge in [0, 0.05) is 16.7 Å². The largest absolute Gasteiger partial charge is 0.368 e. The van der Waals surface area contributed by atoms with Crippen molar-refractivity contribution in [3.8, 4) is 0 Å². The number of nitrogens with two attached hydrogens (primary N) is 1. The number of amides is 1. The summed E-state index contributed by atoms with van der Waals surface area (Å²) in [5, 5.41) is 3.30. The van der Waals surface area contributed by atoms with Crippen molar-refractivity contribution in [2.24, 2.45) is 5.73 Å². The van der Waals surface area contributed by atoms with E-state index in [0.29, 0.717) is 11.8 Å². The van der Waals surface area contributed by atoms with Gasteiger partial charge in [-0.1, -0.05) is 32.9 Å². The molecule has 0 spiro atoms. The van der Waals surface area contributed by atoms with E-state index in [1.807, 2.05) is 0 Å². The Balaban J connectivity index is 1.90. The number of rotatable bonds is 6. The lowest BCUT2D eigenvalue weighted by Crippen LogP contribution is -2.44. The summed E-state index contributed by atoms with van der Waals surface area (Å²) in [5.41, 5.74) is 6.94. The maximum atomic E-state index is 11.4. The first-order chi connectivity index (χ1) is 9.36. The number of carbonyl (C=O) groups excluding carboxylic acids is 1. The van der Waals surface area contributed by atoms with Crippen LogP contribution in [-0.4, -0.2) is 23.7 Å². The lowest BCUT2D eigenvalue weighted by atomic mass is 9.87. The average molecular weight is 292 g/mol. The minimum atomic E-state index is -0.254. The third-order valence-corrected chi connectivity index (χ3v) is 4.60. The zero-order chi connectivity index (χ0) is 14.8. The second kappa shape index (κ2) is 6.19. The molecule has 0 saturated heterocycles. The summed E-state index contributed by atoms with van der Waals surface area (Å²) in [5.74, 6) is 0.441. The first-order valence-corrected chi connectivity index (χ1v) is 8.13. The van der Waals surface area contributed by atoms with Crippen LogP contribution in [0.1, 0.15) is 39.2 Å². The van der Waals surface area contributed by atoms with Crippen molar-refractivity contribution < 1.29 is 4.79 Å². The van der Waals surface area contributed by atoms with E-state index in [1.54, 1.807) is 11.8 Å². The van der Waals surface area contributed by atoms with Gasteiger partial charge in [0.15, 0.2) is 0 Å². The standard InChI is InChI=1S/C16H24N2OS/c1-16(2,3)11-4-8-13(9-5-11)20-10-14(15(17)19)18-12-6-7-12/h4-5,8-9,12,14,18H,6-7,10H2,1-3H3,(H2,17,19). The van der Waals surface area contributed by atoms with Crippen LogP contribution < -0.4 is 11.1 Å². The number of thioether (sulfide) groups is 1. The molecule has 0 bridgehead atoms. The minimum absolute atomic E-state index is 0.173. The van der Waals surface area contributed by atoms with Gasteiger partial charge in [0.2, 0.25) is 5.91 Å². The van der Waals surface area contributed by atoms with Gasteiger partial charge in [-0.15, -0.1) is 11.8 Å². The van der Waals surface area contributed by atoms with E-state index in [-0.39, 0.29) is 17.4 Å². The first-order valence-electron chi connectivity index (χ1n) is 7.15. The molecule has 3 nitrogen and oxygen atoms in total. The second-order valence-electron chi connectivity index (χ2n) is 6.48. The van der Waals surface area contributed by atoms with Gasteiger partial charge < -0.3 is 11.1 Å². The molecule has 0 aromatic heterocycles. The average Bonchev–Trinajstić information content (AvgIpc) is 3.17. The highest BCUT2D eigenvalue weighted by Gasteiger charge is 2.27. The fraction of sp³-hybridized carbons (Fsp3) is 0.562. The zero-order valence-electron chi connectivity index (χ0n) is 12.5. The maximum absolute atomic E-state index is 11.4. The van der Waals surface area contributed by atoms with Crippen LogP contribution in [0.3, 0.4) is 0 Å². The van der Waals surface area contributed by atoms with Gasteiger partial charge in [0.05, 0.1) is 6.04 Å². The van der Waals surface area contributed by atoms with E-state index in [9.17, 15) is 4.79 Å². The second-order valence-corrected chi connectivity index (χ2v) is 7.57. The normalized spacial score (nSPS) is 16.9. The molecule has 1 saturated carbocycles. The van der Waals surface area contributed by atoms with Crippen LogP contribution in [0.2, 0.25) is 0 Å². The molecule has 1 aromatic rings. The van der Waals surface area contributed by atoms with E-state index in [2.05, 4.69) is 50.4 Å². The molecule has 0 aliphatic heterocycles. The van der Waals surface area contributed by atoms with Crippen molar-refractivity contribution in [3.63, 3.8) is 0 Å². The predicted molar refractivity (Wildman–Crippen MR) is 85.0 cm³/mol. The molecular formula is C16H24N2OS. The molecule has 0 radical (unpaired) electrons. The highest BCUT2D eigenvalue weighted by atomic mass is 32.2. The Labute approximate surface area is 125 Å². The Kier molecular flexibility index (Phi) is 4.76. The molecular weight excluding hydrogens is 268 g/mol. The molecule has 1 aliphatic carbocycles. The molecule has 1 fully saturated rings. The molecule has 20 heavy (non-hydrogen) atoms. The zero-order valence-corrected chi connectivity index (χ0v) is 13.3. The number of nitrogens with one attached hydrogen (secondary N) is 1. The fourth-order valence-corrected chi connectivity index (χ4v) is 2.93.